The first kappa shape index (κ1) is 13.1. The van der Waals surface area contributed by atoms with Gasteiger partial charge in [-0.05, 0) is 12.1 Å². The molecule has 0 aromatic heterocycles. The highest BCUT2D eigenvalue weighted by atomic mass is 32.1. The van der Waals surface area contributed by atoms with Gasteiger partial charge in [-0.15, -0.1) is 0 Å². The fourth-order valence-electron chi connectivity index (χ4n) is 1.85. The van der Waals surface area contributed by atoms with Crippen LogP contribution in [0.4, 0.5) is 10.1 Å². The summed E-state index contributed by atoms with van der Waals surface area (Å²) in [5, 5.41) is 0. The summed E-state index contributed by atoms with van der Waals surface area (Å²) in [5.41, 5.74) is 0.532. The second-order valence-electron chi connectivity index (χ2n) is 3.66. The Morgan fingerprint density at radius 3 is 3.00 bits per heavy atom. The van der Waals surface area contributed by atoms with Crippen molar-refractivity contribution in [3.63, 3.8) is 0 Å². The number of rotatable bonds is 2. The molecule has 2 rings (SSSR count). The summed E-state index contributed by atoms with van der Waals surface area (Å²) in [6, 6.07) is 4.86. The SMILES string of the molecule is COC[C@@H]1CN(C)c2c(F)cccc2O1.S. The number of nitrogens with zero attached hydrogens (tertiary/aromatic N) is 1. The number of benzene rings is 1. The van der Waals surface area contributed by atoms with Gasteiger partial charge in [0.05, 0.1) is 13.2 Å². The lowest BCUT2D eigenvalue weighted by molar-refractivity contribution is 0.0796. The van der Waals surface area contributed by atoms with E-state index in [9.17, 15) is 4.39 Å². The Kier molecular flexibility index (Phi) is 4.44. The van der Waals surface area contributed by atoms with Crippen LogP contribution in [0.3, 0.4) is 0 Å². The molecule has 1 heterocycles. The average Bonchev–Trinajstić information content (AvgIpc) is 2.17. The Morgan fingerprint density at radius 1 is 1.56 bits per heavy atom. The van der Waals surface area contributed by atoms with E-state index in [0.29, 0.717) is 24.6 Å². The Balaban J connectivity index is 0.00000128. The molecular weight excluding hydrogens is 229 g/mol. The monoisotopic (exact) mass is 245 g/mol. The van der Waals surface area contributed by atoms with E-state index in [0.717, 1.165) is 0 Å². The van der Waals surface area contributed by atoms with E-state index in [1.807, 2.05) is 11.9 Å². The van der Waals surface area contributed by atoms with Gasteiger partial charge in [0.25, 0.3) is 0 Å². The lowest BCUT2D eigenvalue weighted by atomic mass is 10.2. The quantitative estimate of drug-likeness (QED) is 0.793. The first-order valence-electron chi connectivity index (χ1n) is 4.87. The number of fused-ring (bicyclic) bond motifs is 1. The highest BCUT2D eigenvalue weighted by Crippen LogP contribution is 2.34. The summed E-state index contributed by atoms with van der Waals surface area (Å²) in [5.74, 6) is 0.344. The zero-order valence-electron chi connectivity index (χ0n) is 9.37. The molecule has 0 fully saturated rings. The van der Waals surface area contributed by atoms with Crippen LogP contribution >= 0.6 is 13.5 Å². The van der Waals surface area contributed by atoms with Gasteiger partial charge in [-0.1, -0.05) is 6.07 Å². The van der Waals surface area contributed by atoms with Crippen molar-refractivity contribution < 1.29 is 13.9 Å². The van der Waals surface area contributed by atoms with Gasteiger partial charge in [-0.2, -0.15) is 13.5 Å². The highest BCUT2D eigenvalue weighted by Gasteiger charge is 2.25. The molecule has 0 saturated carbocycles. The summed E-state index contributed by atoms with van der Waals surface area (Å²) in [4.78, 5) is 1.86. The van der Waals surface area contributed by atoms with E-state index >= 15 is 0 Å². The predicted octanol–water partition coefficient (Wildman–Crippen LogP) is 1.78. The Morgan fingerprint density at radius 2 is 2.31 bits per heavy atom. The Hall–Kier alpha value is -0.940. The van der Waals surface area contributed by atoms with Crippen molar-refractivity contribution in [1.82, 2.24) is 0 Å². The number of para-hydroxylation sites is 1. The minimum Gasteiger partial charge on any atom is -0.484 e. The van der Waals surface area contributed by atoms with Gasteiger partial charge in [-0.25, -0.2) is 4.39 Å². The molecule has 0 N–H and O–H groups in total. The summed E-state index contributed by atoms with van der Waals surface area (Å²) in [7, 11) is 3.48. The number of hydrogen-bond acceptors (Lipinski definition) is 3. The van der Waals surface area contributed by atoms with Gasteiger partial charge < -0.3 is 14.4 Å². The molecule has 1 atom stereocenters. The molecule has 16 heavy (non-hydrogen) atoms. The van der Waals surface area contributed by atoms with Crippen molar-refractivity contribution in [3.05, 3.63) is 24.0 Å². The first-order chi connectivity index (χ1) is 7.22. The third-order valence-corrected chi connectivity index (χ3v) is 2.46. The van der Waals surface area contributed by atoms with Crippen molar-refractivity contribution in [1.29, 1.82) is 0 Å². The van der Waals surface area contributed by atoms with Gasteiger partial charge in [0.2, 0.25) is 0 Å². The standard InChI is InChI=1S/C11H14FNO2.H2S/c1-13-6-8(7-14-2)15-10-5-3-4-9(12)11(10)13;/h3-5,8H,6-7H2,1-2H3;1H2/t8-;/m0./s1. The fourth-order valence-corrected chi connectivity index (χ4v) is 1.85. The summed E-state index contributed by atoms with van der Waals surface area (Å²) < 4.78 is 24.1. The zero-order chi connectivity index (χ0) is 10.8. The van der Waals surface area contributed by atoms with Crippen LogP contribution in [0.1, 0.15) is 0 Å². The number of ether oxygens (including phenoxy) is 2. The second kappa shape index (κ2) is 5.41. The van der Waals surface area contributed by atoms with Crippen molar-refractivity contribution in [2.24, 2.45) is 0 Å². The van der Waals surface area contributed by atoms with Crippen molar-refractivity contribution in [2.75, 3.05) is 32.2 Å². The van der Waals surface area contributed by atoms with Gasteiger partial charge in [0.15, 0.2) is 0 Å². The van der Waals surface area contributed by atoms with Crippen molar-refractivity contribution in [3.8, 4) is 5.75 Å². The summed E-state index contributed by atoms with van der Waals surface area (Å²) in [6.45, 7) is 1.15. The van der Waals surface area contributed by atoms with Crippen LogP contribution in [0.5, 0.6) is 5.75 Å². The molecule has 0 radical (unpaired) electrons. The number of methoxy groups -OCH3 is 1. The van der Waals surface area contributed by atoms with E-state index < -0.39 is 0 Å². The molecule has 1 aromatic rings. The number of halogens is 1. The van der Waals surface area contributed by atoms with Crippen LogP contribution in [0, 0.1) is 5.82 Å². The van der Waals surface area contributed by atoms with E-state index in [2.05, 4.69) is 0 Å². The normalized spacial score (nSPS) is 18.4. The summed E-state index contributed by atoms with van der Waals surface area (Å²) in [6.07, 6.45) is -0.0331. The van der Waals surface area contributed by atoms with Crippen LogP contribution in [0.25, 0.3) is 0 Å². The minimum absolute atomic E-state index is 0. The maximum absolute atomic E-state index is 13.5. The average molecular weight is 245 g/mol. The van der Waals surface area contributed by atoms with Crippen LogP contribution in [0.15, 0.2) is 18.2 Å². The molecule has 1 aliphatic rings. The molecule has 3 nitrogen and oxygen atoms in total. The molecular formula is C11H16FNO2S. The molecule has 0 saturated heterocycles. The fraction of sp³-hybridized carbons (Fsp3) is 0.455. The predicted molar refractivity (Wildman–Crippen MR) is 66.3 cm³/mol. The van der Waals surface area contributed by atoms with Crippen molar-refractivity contribution >= 4 is 19.2 Å². The number of likely N-dealkylation sites (N-methyl/N-ethyl adjacent to an activating group) is 1. The molecule has 0 aliphatic carbocycles. The minimum atomic E-state index is -0.245. The molecule has 1 aromatic carbocycles. The molecule has 0 bridgehead atoms. The van der Waals surface area contributed by atoms with Crippen LogP contribution in [0.2, 0.25) is 0 Å². The first-order valence-corrected chi connectivity index (χ1v) is 4.87. The third kappa shape index (κ3) is 2.41. The second-order valence-corrected chi connectivity index (χ2v) is 3.66. The van der Waals surface area contributed by atoms with Gasteiger partial charge in [0.1, 0.15) is 23.4 Å². The summed E-state index contributed by atoms with van der Waals surface area (Å²) >= 11 is 0. The van der Waals surface area contributed by atoms with Crippen LogP contribution in [-0.2, 0) is 4.74 Å². The highest BCUT2D eigenvalue weighted by molar-refractivity contribution is 7.59. The van der Waals surface area contributed by atoms with Crippen LogP contribution in [-0.4, -0.2) is 33.4 Å². The third-order valence-electron chi connectivity index (χ3n) is 2.46. The molecule has 5 heteroatoms. The Labute approximate surface area is 102 Å². The van der Waals surface area contributed by atoms with Gasteiger partial charge >= 0.3 is 0 Å². The Bertz CT molecular complexity index is 362. The van der Waals surface area contributed by atoms with Gasteiger partial charge in [0, 0.05) is 14.2 Å². The number of anilines is 1. The molecule has 0 unspecified atom stereocenters. The smallest absolute Gasteiger partial charge is 0.150 e. The van der Waals surface area contributed by atoms with E-state index in [1.165, 1.54) is 6.07 Å². The number of hydrogen-bond donors (Lipinski definition) is 0. The van der Waals surface area contributed by atoms with E-state index in [4.69, 9.17) is 9.47 Å². The van der Waals surface area contributed by atoms with Crippen LogP contribution < -0.4 is 9.64 Å². The zero-order valence-corrected chi connectivity index (χ0v) is 10.4. The lowest BCUT2D eigenvalue weighted by Gasteiger charge is -2.33. The van der Waals surface area contributed by atoms with Gasteiger partial charge in [-0.3, -0.25) is 0 Å². The topological polar surface area (TPSA) is 21.7 Å². The molecule has 90 valence electrons. The lowest BCUT2D eigenvalue weighted by Crippen LogP contribution is -2.40. The maximum Gasteiger partial charge on any atom is 0.150 e. The van der Waals surface area contributed by atoms with Crippen molar-refractivity contribution in [2.45, 2.75) is 6.10 Å². The molecule has 0 spiro atoms. The maximum atomic E-state index is 13.5. The van der Waals surface area contributed by atoms with E-state index in [-0.39, 0.29) is 25.4 Å². The largest absolute Gasteiger partial charge is 0.484 e. The molecule has 1 aliphatic heterocycles. The van der Waals surface area contributed by atoms with E-state index in [1.54, 1.807) is 19.2 Å². The molecule has 0 amide bonds.